The third kappa shape index (κ3) is 4.20. The van der Waals surface area contributed by atoms with Gasteiger partial charge in [0.2, 0.25) is 0 Å². The zero-order valence-corrected chi connectivity index (χ0v) is 16.3. The maximum absolute atomic E-state index is 13.1. The molecule has 2 atom stereocenters. The molecule has 2 saturated carbocycles. The van der Waals surface area contributed by atoms with E-state index >= 15 is 0 Å². The van der Waals surface area contributed by atoms with Crippen LogP contribution in [0.1, 0.15) is 91.3 Å². The van der Waals surface area contributed by atoms with Crippen LogP contribution in [0.5, 0.6) is 0 Å². The monoisotopic (exact) mass is 368 g/mol. The number of hydrogen-bond acceptors (Lipinski definition) is 2. The lowest BCUT2D eigenvalue weighted by Gasteiger charge is -2.44. The Morgan fingerprint density at radius 2 is 1.41 bits per heavy atom. The van der Waals surface area contributed by atoms with Crippen LogP contribution in [0.2, 0.25) is 0 Å². The van der Waals surface area contributed by atoms with Gasteiger partial charge >= 0.3 is 0 Å². The van der Waals surface area contributed by atoms with Gasteiger partial charge in [0.15, 0.2) is 0 Å². The van der Waals surface area contributed by atoms with Gasteiger partial charge in [-0.15, -0.1) is 0 Å². The highest BCUT2D eigenvalue weighted by molar-refractivity contribution is 5.98. The summed E-state index contributed by atoms with van der Waals surface area (Å²) in [6, 6.07) is 8.04. The molecule has 4 nitrogen and oxygen atoms in total. The van der Waals surface area contributed by atoms with E-state index in [9.17, 15) is 9.59 Å². The predicted octanol–water partition coefficient (Wildman–Crippen LogP) is 4.54. The average molecular weight is 369 g/mol. The zero-order chi connectivity index (χ0) is 18.6. The summed E-state index contributed by atoms with van der Waals surface area (Å²) >= 11 is 0. The highest BCUT2D eigenvalue weighted by atomic mass is 16.2. The molecule has 4 rings (SSSR count). The Morgan fingerprint density at radius 3 is 2.19 bits per heavy atom. The van der Waals surface area contributed by atoms with Gasteiger partial charge < -0.3 is 10.2 Å². The molecular formula is C23H32N2O2. The first kappa shape index (κ1) is 18.5. The van der Waals surface area contributed by atoms with Crippen molar-refractivity contribution >= 4 is 11.8 Å². The lowest BCUT2D eigenvalue weighted by molar-refractivity contribution is 0.0390. The minimum absolute atomic E-state index is 0.00813. The van der Waals surface area contributed by atoms with Crippen LogP contribution >= 0.6 is 0 Å². The molecular weight excluding hydrogens is 336 g/mol. The molecule has 0 unspecified atom stereocenters. The molecule has 1 N–H and O–H groups in total. The largest absolute Gasteiger partial charge is 0.349 e. The molecule has 0 radical (unpaired) electrons. The number of piperidine rings is 1. The smallest absolute Gasteiger partial charge is 0.254 e. The molecule has 0 aromatic heterocycles. The van der Waals surface area contributed by atoms with Crippen LogP contribution in [-0.4, -0.2) is 35.3 Å². The fourth-order valence-corrected chi connectivity index (χ4v) is 5.32. The van der Waals surface area contributed by atoms with Crippen molar-refractivity contribution in [2.24, 2.45) is 5.92 Å². The second-order valence-electron chi connectivity index (χ2n) is 8.64. The maximum Gasteiger partial charge on any atom is 0.254 e. The lowest BCUT2D eigenvalue weighted by atomic mass is 9.78. The molecule has 2 aliphatic carbocycles. The fourth-order valence-electron chi connectivity index (χ4n) is 5.32. The summed E-state index contributed by atoms with van der Waals surface area (Å²) in [7, 11) is 0. The lowest BCUT2D eigenvalue weighted by Crippen LogP contribution is -2.49. The SMILES string of the molecule is O=C(NC1CCCCC1)c1ccc(C(=O)N2CCC[C@H]3CCCC[C@@H]32)cc1. The molecule has 1 aromatic carbocycles. The molecule has 1 saturated heterocycles. The standard InChI is InChI=1S/C23H32N2O2/c26-22(24-20-9-2-1-3-10-20)18-12-14-19(15-13-18)23(27)25-16-6-8-17-7-4-5-11-21(17)25/h12-15,17,20-21H,1-11,16H2,(H,24,26)/t17-,21+/m1/s1. The van der Waals surface area contributed by atoms with Crippen molar-refractivity contribution in [2.45, 2.75) is 82.7 Å². The van der Waals surface area contributed by atoms with Crippen LogP contribution in [0, 0.1) is 5.92 Å². The van der Waals surface area contributed by atoms with E-state index < -0.39 is 0 Å². The first-order chi connectivity index (χ1) is 13.2. The Kier molecular flexibility index (Phi) is 5.80. The van der Waals surface area contributed by atoms with Crippen LogP contribution in [0.4, 0.5) is 0 Å². The molecule has 27 heavy (non-hydrogen) atoms. The molecule has 2 amide bonds. The number of nitrogens with one attached hydrogen (secondary N) is 1. The molecule has 3 aliphatic rings. The number of fused-ring (bicyclic) bond motifs is 1. The van der Waals surface area contributed by atoms with Gasteiger partial charge in [-0.05, 0) is 68.7 Å². The number of nitrogens with zero attached hydrogens (tertiary/aromatic N) is 1. The summed E-state index contributed by atoms with van der Waals surface area (Å²) in [6.07, 6.45) is 13.2. The summed E-state index contributed by atoms with van der Waals surface area (Å²) in [6.45, 7) is 0.879. The van der Waals surface area contributed by atoms with Gasteiger partial charge in [0, 0.05) is 29.8 Å². The molecule has 3 fully saturated rings. The molecule has 146 valence electrons. The first-order valence-corrected chi connectivity index (χ1v) is 10.9. The predicted molar refractivity (Wildman–Crippen MR) is 107 cm³/mol. The van der Waals surface area contributed by atoms with E-state index in [1.165, 1.54) is 44.9 Å². The van der Waals surface area contributed by atoms with Crippen LogP contribution in [0.3, 0.4) is 0 Å². The zero-order valence-electron chi connectivity index (χ0n) is 16.3. The van der Waals surface area contributed by atoms with Gasteiger partial charge in [0.05, 0.1) is 0 Å². The van der Waals surface area contributed by atoms with Crippen molar-refractivity contribution in [2.75, 3.05) is 6.54 Å². The van der Waals surface area contributed by atoms with Gasteiger partial charge in [-0.2, -0.15) is 0 Å². The Balaban J connectivity index is 1.40. The van der Waals surface area contributed by atoms with Crippen molar-refractivity contribution in [3.63, 3.8) is 0 Å². The number of carbonyl (C=O) groups excluding carboxylic acids is 2. The summed E-state index contributed by atoms with van der Waals surface area (Å²) in [5.41, 5.74) is 1.38. The Labute approximate surface area is 162 Å². The van der Waals surface area contributed by atoms with Crippen LogP contribution in [-0.2, 0) is 0 Å². The van der Waals surface area contributed by atoms with Gasteiger partial charge in [0.25, 0.3) is 11.8 Å². The molecule has 0 bridgehead atoms. The minimum Gasteiger partial charge on any atom is -0.349 e. The van der Waals surface area contributed by atoms with E-state index in [4.69, 9.17) is 0 Å². The molecule has 1 aliphatic heterocycles. The molecule has 1 heterocycles. The van der Waals surface area contributed by atoms with E-state index in [0.29, 0.717) is 23.6 Å². The number of amides is 2. The van der Waals surface area contributed by atoms with E-state index in [2.05, 4.69) is 10.2 Å². The minimum atomic E-state index is -0.00813. The third-order valence-electron chi connectivity index (χ3n) is 6.84. The highest BCUT2D eigenvalue weighted by Gasteiger charge is 2.35. The van der Waals surface area contributed by atoms with Crippen molar-refractivity contribution in [1.29, 1.82) is 0 Å². The Bertz CT molecular complexity index is 661. The average Bonchev–Trinajstić information content (AvgIpc) is 2.73. The molecule has 0 spiro atoms. The maximum atomic E-state index is 13.1. The number of hydrogen-bond donors (Lipinski definition) is 1. The van der Waals surface area contributed by atoms with Crippen LogP contribution in [0.15, 0.2) is 24.3 Å². The number of likely N-dealkylation sites (tertiary alicyclic amines) is 1. The van der Waals surface area contributed by atoms with E-state index in [1.54, 1.807) is 0 Å². The Morgan fingerprint density at radius 1 is 0.778 bits per heavy atom. The topological polar surface area (TPSA) is 49.4 Å². The first-order valence-electron chi connectivity index (χ1n) is 10.9. The van der Waals surface area contributed by atoms with E-state index in [0.717, 1.165) is 37.8 Å². The number of benzene rings is 1. The normalized spacial score (nSPS) is 26.3. The van der Waals surface area contributed by atoms with Gasteiger partial charge in [-0.1, -0.05) is 32.1 Å². The van der Waals surface area contributed by atoms with E-state index in [1.807, 2.05) is 24.3 Å². The van der Waals surface area contributed by atoms with Crippen molar-refractivity contribution in [3.05, 3.63) is 35.4 Å². The third-order valence-corrected chi connectivity index (χ3v) is 6.84. The summed E-state index contributed by atoms with van der Waals surface area (Å²) in [5, 5.41) is 3.15. The van der Waals surface area contributed by atoms with E-state index in [-0.39, 0.29) is 11.8 Å². The molecule has 1 aromatic rings. The van der Waals surface area contributed by atoms with Crippen molar-refractivity contribution in [1.82, 2.24) is 10.2 Å². The summed E-state index contributed by atoms with van der Waals surface area (Å²) in [5.74, 6) is 0.828. The number of rotatable bonds is 3. The second kappa shape index (κ2) is 8.45. The molecule has 4 heteroatoms. The van der Waals surface area contributed by atoms with Gasteiger partial charge in [0.1, 0.15) is 0 Å². The quantitative estimate of drug-likeness (QED) is 0.851. The van der Waals surface area contributed by atoms with Crippen LogP contribution in [0.25, 0.3) is 0 Å². The number of carbonyl (C=O) groups is 2. The van der Waals surface area contributed by atoms with Crippen molar-refractivity contribution < 1.29 is 9.59 Å². The Hall–Kier alpha value is -1.84. The van der Waals surface area contributed by atoms with Gasteiger partial charge in [-0.3, -0.25) is 9.59 Å². The summed E-state index contributed by atoms with van der Waals surface area (Å²) < 4.78 is 0. The van der Waals surface area contributed by atoms with Gasteiger partial charge in [-0.25, -0.2) is 0 Å². The van der Waals surface area contributed by atoms with Crippen LogP contribution < -0.4 is 5.32 Å². The fraction of sp³-hybridized carbons (Fsp3) is 0.652. The highest BCUT2D eigenvalue weighted by Crippen LogP contribution is 2.35. The van der Waals surface area contributed by atoms with Crippen molar-refractivity contribution in [3.8, 4) is 0 Å². The second-order valence-corrected chi connectivity index (χ2v) is 8.64. The summed E-state index contributed by atoms with van der Waals surface area (Å²) in [4.78, 5) is 27.7.